The molecule has 1 heterocycles. The van der Waals surface area contributed by atoms with Gasteiger partial charge in [-0.15, -0.1) is 0 Å². The Hall–Kier alpha value is -2.00. The first kappa shape index (κ1) is 14.0. The first-order valence-corrected chi connectivity index (χ1v) is 7.36. The zero-order valence-electron chi connectivity index (χ0n) is 11.5. The summed E-state index contributed by atoms with van der Waals surface area (Å²) in [4.78, 5) is 12.2. The Morgan fingerprint density at radius 1 is 1.19 bits per heavy atom. The molecule has 3 nitrogen and oxygen atoms in total. The lowest BCUT2D eigenvalue weighted by atomic mass is 10.00. The molecule has 0 aliphatic carbocycles. The molecular formula is C17H16ClNO2. The Balaban J connectivity index is 1.70. The van der Waals surface area contributed by atoms with Gasteiger partial charge in [0, 0.05) is 17.0 Å². The number of hydrogen-bond donors (Lipinski definition) is 1. The number of para-hydroxylation sites is 1. The van der Waals surface area contributed by atoms with Gasteiger partial charge in [0.1, 0.15) is 5.75 Å². The number of halogens is 1. The van der Waals surface area contributed by atoms with Crippen LogP contribution in [-0.2, 0) is 11.2 Å². The Labute approximate surface area is 128 Å². The van der Waals surface area contributed by atoms with E-state index < -0.39 is 0 Å². The van der Waals surface area contributed by atoms with Gasteiger partial charge in [-0.25, -0.2) is 0 Å². The molecule has 108 valence electrons. The molecule has 1 aliphatic heterocycles. The highest BCUT2D eigenvalue weighted by atomic mass is 35.5. The van der Waals surface area contributed by atoms with Gasteiger partial charge in [0.05, 0.1) is 19.1 Å². The second-order valence-electron chi connectivity index (χ2n) is 5.06. The number of benzene rings is 2. The Morgan fingerprint density at radius 3 is 2.81 bits per heavy atom. The van der Waals surface area contributed by atoms with Crippen LogP contribution in [0.4, 0.5) is 0 Å². The lowest BCUT2D eigenvalue weighted by molar-refractivity contribution is -0.121. The van der Waals surface area contributed by atoms with E-state index in [1.165, 1.54) is 0 Å². The molecular weight excluding hydrogens is 286 g/mol. The maximum Gasteiger partial charge on any atom is 0.224 e. The van der Waals surface area contributed by atoms with Crippen LogP contribution in [0.15, 0.2) is 48.5 Å². The zero-order valence-corrected chi connectivity index (χ0v) is 12.3. The average molecular weight is 302 g/mol. The predicted octanol–water partition coefficient (Wildman–Crippen LogP) is 3.52. The van der Waals surface area contributed by atoms with Crippen molar-refractivity contribution in [2.45, 2.75) is 18.9 Å². The van der Waals surface area contributed by atoms with Gasteiger partial charge < -0.3 is 10.1 Å². The van der Waals surface area contributed by atoms with Crippen LogP contribution >= 0.6 is 11.6 Å². The number of rotatable bonds is 3. The second-order valence-corrected chi connectivity index (χ2v) is 5.47. The van der Waals surface area contributed by atoms with Crippen LogP contribution in [0.25, 0.3) is 0 Å². The molecule has 0 radical (unpaired) electrons. The molecule has 1 amide bonds. The SMILES string of the molecule is O=C(Cc1ccccc1Cl)NC1CCOc2ccccc21. The minimum atomic E-state index is -0.0233. The van der Waals surface area contributed by atoms with Crippen molar-refractivity contribution >= 4 is 17.5 Å². The molecule has 0 fully saturated rings. The molecule has 2 aromatic carbocycles. The van der Waals surface area contributed by atoms with Crippen molar-refractivity contribution in [3.05, 3.63) is 64.7 Å². The predicted molar refractivity (Wildman–Crippen MR) is 82.6 cm³/mol. The maximum absolute atomic E-state index is 12.2. The minimum absolute atomic E-state index is 0.00457. The lowest BCUT2D eigenvalue weighted by Crippen LogP contribution is -2.33. The van der Waals surface area contributed by atoms with Crippen LogP contribution in [-0.4, -0.2) is 12.5 Å². The number of carbonyl (C=O) groups excluding carboxylic acids is 1. The first-order chi connectivity index (χ1) is 10.2. The molecule has 0 spiro atoms. The molecule has 3 rings (SSSR count). The van der Waals surface area contributed by atoms with Crippen LogP contribution in [0.5, 0.6) is 5.75 Å². The minimum Gasteiger partial charge on any atom is -0.493 e. The standard InChI is InChI=1S/C17H16ClNO2/c18-14-7-3-1-5-12(14)11-17(20)19-15-9-10-21-16-8-4-2-6-13(15)16/h1-8,15H,9-11H2,(H,19,20). The van der Waals surface area contributed by atoms with Crippen molar-refractivity contribution in [1.82, 2.24) is 5.32 Å². The van der Waals surface area contributed by atoms with Crippen LogP contribution in [0, 0.1) is 0 Å². The third-order valence-corrected chi connectivity index (χ3v) is 3.97. The highest BCUT2D eigenvalue weighted by molar-refractivity contribution is 6.31. The van der Waals surface area contributed by atoms with Gasteiger partial charge in [-0.3, -0.25) is 4.79 Å². The van der Waals surface area contributed by atoms with Crippen molar-refractivity contribution in [1.29, 1.82) is 0 Å². The molecule has 0 saturated heterocycles. The van der Waals surface area contributed by atoms with Gasteiger partial charge in [0.15, 0.2) is 0 Å². The Kier molecular flexibility index (Phi) is 4.11. The number of carbonyl (C=O) groups is 1. The topological polar surface area (TPSA) is 38.3 Å². The third-order valence-electron chi connectivity index (χ3n) is 3.60. The van der Waals surface area contributed by atoms with E-state index in [4.69, 9.17) is 16.3 Å². The van der Waals surface area contributed by atoms with Gasteiger partial charge in [-0.1, -0.05) is 48.0 Å². The van der Waals surface area contributed by atoms with Crippen LogP contribution in [0.3, 0.4) is 0 Å². The zero-order chi connectivity index (χ0) is 14.7. The second kappa shape index (κ2) is 6.19. The largest absolute Gasteiger partial charge is 0.493 e. The summed E-state index contributed by atoms with van der Waals surface area (Å²) in [6.45, 7) is 0.619. The fourth-order valence-corrected chi connectivity index (χ4v) is 2.75. The molecule has 1 aliphatic rings. The molecule has 4 heteroatoms. The van der Waals surface area contributed by atoms with Gasteiger partial charge in [-0.2, -0.15) is 0 Å². The van der Waals surface area contributed by atoms with Gasteiger partial charge >= 0.3 is 0 Å². The van der Waals surface area contributed by atoms with Crippen molar-refractivity contribution in [2.75, 3.05) is 6.61 Å². The normalized spacial score (nSPS) is 16.7. The van der Waals surface area contributed by atoms with Crippen molar-refractivity contribution in [3.63, 3.8) is 0 Å². The Bertz CT molecular complexity index is 657. The molecule has 0 bridgehead atoms. The monoisotopic (exact) mass is 301 g/mol. The van der Waals surface area contributed by atoms with Crippen LogP contribution in [0.2, 0.25) is 5.02 Å². The highest BCUT2D eigenvalue weighted by Crippen LogP contribution is 2.31. The van der Waals surface area contributed by atoms with E-state index in [1.54, 1.807) is 6.07 Å². The van der Waals surface area contributed by atoms with Gasteiger partial charge in [-0.05, 0) is 17.7 Å². The van der Waals surface area contributed by atoms with Crippen molar-refractivity contribution in [2.24, 2.45) is 0 Å². The van der Waals surface area contributed by atoms with E-state index in [0.717, 1.165) is 23.3 Å². The van der Waals surface area contributed by atoms with Gasteiger partial charge in [0.25, 0.3) is 0 Å². The first-order valence-electron chi connectivity index (χ1n) is 6.98. The summed E-state index contributed by atoms with van der Waals surface area (Å²) in [6, 6.07) is 15.2. The average Bonchev–Trinajstić information content (AvgIpc) is 2.50. The molecule has 21 heavy (non-hydrogen) atoms. The number of hydrogen-bond acceptors (Lipinski definition) is 2. The summed E-state index contributed by atoms with van der Waals surface area (Å²) in [6.07, 6.45) is 1.07. The van der Waals surface area contributed by atoms with Crippen molar-refractivity contribution < 1.29 is 9.53 Å². The lowest BCUT2D eigenvalue weighted by Gasteiger charge is -2.26. The molecule has 1 unspecified atom stereocenters. The summed E-state index contributed by atoms with van der Waals surface area (Å²) in [7, 11) is 0. The summed E-state index contributed by atoms with van der Waals surface area (Å²) in [5, 5.41) is 3.70. The fraction of sp³-hybridized carbons (Fsp3) is 0.235. The molecule has 0 saturated carbocycles. The third kappa shape index (κ3) is 3.19. The smallest absolute Gasteiger partial charge is 0.224 e. The number of nitrogens with one attached hydrogen (secondary N) is 1. The fourth-order valence-electron chi connectivity index (χ4n) is 2.55. The summed E-state index contributed by atoms with van der Waals surface area (Å²) >= 11 is 6.09. The van der Waals surface area contributed by atoms with E-state index in [0.29, 0.717) is 18.1 Å². The summed E-state index contributed by atoms with van der Waals surface area (Å²) in [5.74, 6) is 0.830. The van der Waals surface area contributed by atoms with Crippen LogP contribution in [0.1, 0.15) is 23.6 Å². The molecule has 2 aromatic rings. The van der Waals surface area contributed by atoms with E-state index in [-0.39, 0.29) is 11.9 Å². The number of fused-ring (bicyclic) bond motifs is 1. The van der Waals surface area contributed by atoms with E-state index in [1.807, 2.05) is 42.5 Å². The van der Waals surface area contributed by atoms with Crippen molar-refractivity contribution in [3.8, 4) is 5.75 Å². The summed E-state index contributed by atoms with van der Waals surface area (Å²) < 4.78 is 5.60. The highest BCUT2D eigenvalue weighted by Gasteiger charge is 2.22. The van der Waals surface area contributed by atoms with Crippen LogP contribution < -0.4 is 10.1 Å². The Morgan fingerprint density at radius 2 is 1.95 bits per heavy atom. The molecule has 0 aromatic heterocycles. The van der Waals surface area contributed by atoms with E-state index >= 15 is 0 Å². The van der Waals surface area contributed by atoms with Gasteiger partial charge in [0.2, 0.25) is 5.91 Å². The van der Waals surface area contributed by atoms with E-state index in [9.17, 15) is 4.79 Å². The molecule has 1 N–H and O–H groups in total. The quantitative estimate of drug-likeness (QED) is 0.942. The molecule has 1 atom stereocenters. The maximum atomic E-state index is 12.2. The number of amides is 1. The summed E-state index contributed by atoms with van der Waals surface area (Å²) in [5.41, 5.74) is 1.88. The van der Waals surface area contributed by atoms with E-state index in [2.05, 4.69) is 5.32 Å². The number of ether oxygens (including phenoxy) is 1.